The lowest BCUT2D eigenvalue weighted by atomic mass is 10.2. The Labute approximate surface area is 85.3 Å². The van der Waals surface area contributed by atoms with Crippen LogP contribution in [-0.4, -0.2) is 5.33 Å². The summed E-state index contributed by atoms with van der Waals surface area (Å²) < 4.78 is 13.0. The molecule has 68 valence electrons. The Bertz CT molecular complexity index is 352. The number of benzene rings is 1. The Morgan fingerprint density at radius 2 is 2.23 bits per heavy atom. The highest BCUT2D eigenvalue weighted by atomic mass is 79.9. The van der Waals surface area contributed by atoms with E-state index >= 15 is 0 Å². The van der Waals surface area contributed by atoms with Crippen LogP contribution in [-0.2, 0) is 0 Å². The zero-order valence-corrected chi connectivity index (χ0v) is 8.57. The van der Waals surface area contributed by atoms with E-state index in [0.29, 0.717) is 17.7 Å². The van der Waals surface area contributed by atoms with E-state index in [1.807, 2.05) is 0 Å². The molecule has 0 aliphatic heterocycles. The summed E-state index contributed by atoms with van der Waals surface area (Å²) in [6, 6.07) is 4.38. The van der Waals surface area contributed by atoms with Crippen molar-refractivity contribution in [2.75, 3.05) is 11.1 Å². The molecule has 0 bridgehead atoms. The minimum absolute atomic E-state index is 0.323. The van der Waals surface area contributed by atoms with Crippen molar-refractivity contribution in [3.8, 4) is 11.8 Å². The highest BCUT2D eigenvalue weighted by Crippen LogP contribution is 2.10. The number of hydrogen-bond donors (Lipinski definition) is 1. The van der Waals surface area contributed by atoms with Gasteiger partial charge in [-0.25, -0.2) is 4.39 Å². The zero-order chi connectivity index (χ0) is 9.68. The van der Waals surface area contributed by atoms with Crippen molar-refractivity contribution >= 4 is 21.6 Å². The highest BCUT2D eigenvalue weighted by Gasteiger charge is 1.97. The minimum atomic E-state index is -0.323. The molecule has 1 aromatic rings. The van der Waals surface area contributed by atoms with Crippen LogP contribution in [0.3, 0.4) is 0 Å². The summed E-state index contributed by atoms with van der Waals surface area (Å²) in [6.45, 7) is 0. The number of nitrogen functional groups attached to an aromatic ring is 1. The third-order valence-electron chi connectivity index (χ3n) is 1.43. The Morgan fingerprint density at radius 1 is 1.46 bits per heavy atom. The first-order valence-corrected chi connectivity index (χ1v) is 4.96. The molecule has 0 heterocycles. The van der Waals surface area contributed by atoms with Crippen LogP contribution >= 0.6 is 15.9 Å². The Kier molecular flexibility index (Phi) is 3.78. The van der Waals surface area contributed by atoms with Crippen LogP contribution in [0.5, 0.6) is 0 Å². The van der Waals surface area contributed by atoms with Crippen LogP contribution in [0.25, 0.3) is 0 Å². The van der Waals surface area contributed by atoms with Gasteiger partial charge < -0.3 is 5.73 Å². The first-order chi connectivity index (χ1) is 6.24. The summed E-state index contributed by atoms with van der Waals surface area (Å²) in [4.78, 5) is 0. The summed E-state index contributed by atoms with van der Waals surface area (Å²) in [5.74, 6) is 5.22. The molecule has 0 saturated heterocycles. The largest absolute Gasteiger partial charge is 0.399 e. The van der Waals surface area contributed by atoms with Gasteiger partial charge in [-0.15, -0.1) is 0 Å². The average Bonchev–Trinajstić information content (AvgIpc) is 2.11. The van der Waals surface area contributed by atoms with E-state index in [2.05, 4.69) is 27.8 Å². The van der Waals surface area contributed by atoms with Gasteiger partial charge in [0.05, 0.1) is 5.56 Å². The molecule has 0 unspecified atom stereocenters. The maximum absolute atomic E-state index is 13.0. The van der Waals surface area contributed by atoms with Gasteiger partial charge in [-0.3, -0.25) is 0 Å². The van der Waals surface area contributed by atoms with Gasteiger partial charge in [-0.1, -0.05) is 27.8 Å². The van der Waals surface area contributed by atoms with E-state index in [4.69, 9.17) is 5.73 Å². The normalized spacial score (nSPS) is 9.08. The fraction of sp³-hybridized carbons (Fsp3) is 0.200. The number of hydrogen-bond acceptors (Lipinski definition) is 1. The van der Waals surface area contributed by atoms with Crippen LogP contribution < -0.4 is 5.73 Å². The summed E-state index contributed by atoms with van der Waals surface area (Å²) >= 11 is 3.23. The van der Waals surface area contributed by atoms with Gasteiger partial charge in [-0.05, 0) is 18.2 Å². The van der Waals surface area contributed by atoms with Crippen LogP contribution in [0, 0.1) is 17.7 Å². The monoisotopic (exact) mass is 241 g/mol. The maximum Gasteiger partial charge on any atom is 0.138 e. The van der Waals surface area contributed by atoms with Crippen molar-refractivity contribution < 1.29 is 4.39 Å². The molecule has 0 spiro atoms. The number of anilines is 1. The number of nitrogens with two attached hydrogens (primary N) is 1. The topological polar surface area (TPSA) is 26.0 Å². The molecule has 1 nitrogen and oxygen atoms in total. The summed E-state index contributed by atoms with van der Waals surface area (Å²) in [7, 11) is 0. The van der Waals surface area contributed by atoms with E-state index in [-0.39, 0.29) is 5.82 Å². The second kappa shape index (κ2) is 4.88. The molecule has 1 rings (SSSR count). The van der Waals surface area contributed by atoms with E-state index in [0.717, 1.165) is 5.33 Å². The summed E-state index contributed by atoms with van der Waals surface area (Å²) in [5.41, 5.74) is 6.38. The number of rotatable bonds is 1. The summed E-state index contributed by atoms with van der Waals surface area (Å²) in [5, 5.41) is 0.796. The third-order valence-corrected chi connectivity index (χ3v) is 1.83. The van der Waals surface area contributed by atoms with E-state index in [1.54, 1.807) is 0 Å². The Balaban J connectivity index is 2.89. The molecule has 3 heteroatoms. The second-order valence-electron chi connectivity index (χ2n) is 2.48. The fourth-order valence-electron chi connectivity index (χ4n) is 0.844. The molecule has 0 amide bonds. The van der Waals surface area contributed by atoms with Gasteiger partial charge in [0.1, 0.15) is 5.82 Å². The van der Waals surface area contributed by atoms with Crippen molar-refractivity contribution in [3.05, 3.63) is 29.6 Å². The molecule has 0 aromatic heterocycles. The number of alkyl halides is 1. The standard InChI is InChI=1S/C10H9BrFN/c11-6-2-1-3-8-7-9(13)4-5-10(8)12/h4-5,7H,2,6,13H2. The van der Waals surface area contributed by atoms with Crippen molar-refractivity contribution in [1.82, 2.24) is 0 Å². The predicted molar refractivity (Wildman–Crippen MR) is 56.1 cm³/mol. The van der Waals surface area contributed by atoms with E-state index < -0.39 is 0 Å². The molecule has 0 aliphatic carbocycles. The molecule has 0 atom stereocenters. The first-order valence-electron chi connectivity index (χ1n) is 3.84. The van der Waals surface area contributed by atoms with Crippen molar-refractivity contribution in [2.24, 2.45) is 0 Å². The van der Waals surface area contributed by atoms with Gasteiger partial charge in [0.25, 0.3) is 0 Å². The average molecular weight is 242 g/mol. The van der Waals surface area contributed by atoms with E-state index in [1.165, 1.54) is 18.2 Å². The molecular formula is C10H9BrFN. The molecule has 2 N–H and O–H groups in total. The molecule has 1 aromatic carbocycles. The van der Waals surface area contributed by atoms with Crippen LogP contribution in [0.4, 0.5) is 10.1 Å². The van der Waals surface area contributed by atoms with Gasteiger partial charge >= 0.3 is 0 Å². The van der Waals surface area contributed by atoms with Crippen LogP contribution in [0.15, 0.2) is 18.2 Å². The SMILES string of the molecule is Nc1ccc(F)c(C#CCCBr)c1. The zero-order valence-electron chi connectivity index (χ0n) is 6.98. The first kappa shape index (κ1) is 10.1. The lowest BCUT2D eigenvalue weighted by Crippen LogP contribution is -1.89. The van der Waals surface area contributed by atoms with Crippen molar-refractivity contribution in [3.63, 3.8) is 0 Å². The minimum Gasteiger partial charge on any atom is -0.399 e. The van der Waals surface area contributed by atoms with Gasteiger partial charge in [-0.2, -0.15) is 0 Å². The maximum atomic E-state index is 13.0. The van der Waals surface area contributed by atoms with Crippen LogP contribution in [0.1, 0.15) is 12.0 Å². The van der Waals surface area contributed by atoms with Gasteiger partial charge in [0.2, 0.25) is 0 Å². The fourth-order valence-corrected chi connectivity index (χ4v) is 1.04. The summed E-state index contributed by atoms with van der Waals surface area (Å²) in [6.07, 6.45) is 0.703. The number of halogens is 2. The third kappa shape index (κ3) is 3.08. The van der Waals surface area contributed by atoms with Gasteiger partial charge in [0.15, 0.2) is 0 Å². The quantitative estimate of drug-likeness (QED) is 0.457. The van der Waals surface area contributed by atoms with E-state index in [9.17, 15) is 4.39 Å². The Morgan fingerprint density at radius 3 is 2.92 bits per heavy atom. The smallest absolute Gasteiger partial charge is 0.138 e. The van der Waals surface area contributed by atoms with Gasteiger partial charge in [0, 0.05) is 17.4 Å². The lowest BCUT2D eigenvalue weighted by molar-refractivity contribution is 0.624. The molecule has 0 saturated carbocycles. The predicted octanol–water partition coefficient (Wildman–Crippen LogP) is 2.54. The molecule has 0 fully saturated rings. The van der Waals surface area contributed by atoms with Crippen LogP contribution in [0.2, 0.25) is 0 Å². The molecule has 0 radical (unpaired) electrons. The highest BCUT2D eigenvalue weighted by molar-refractivity contribution is 9.09. The second-order valence-corrected chi connectivity index (χ2v) is 3.27. The molecular weight excluding hydrogens is 233 g/mol. The van der Waals surface area contributed by atoms with Crippen molar-refractivity contribution in [1.29, 1.82) is 0 Å². The lowest BCUT2D eigenvalue weighted by Gasteiger charge is -1.95. The molecule has 0 aliphatic rings. The molecule has 13 heavy (non-hydrogen) atoms. The van der Waals surface area contributed by atoms with Crippen molar-refractivity contribution in [2.45, 2.75) is 6.42 Å². The Hall–Kier alpha value is -1.01.